The van der Waals surface area contributed by atoms with Gasteiger partial charge in [0.15, 0.2) is 0 Å². The molecule has 2 radical (unpaired) electrons. The van der Waals surface area contributed by atoms with Gasteiger partial charge in [-0.2, -0.15) is 6.92 Å². The van der Waals surface area contributed by atoms with E-state index in [2.05, 4.69) is 13.7 Å². The van der Waals surface area contributed by atoms with Gasteiger partial charge in [0.25, 0.3) is 0 Å². The Labute approximate surface area is 88.1 Å². The minimum absolute atomic E-state index is 0. The molecular formula is C3H6OTaTcW. The van der Waals surface area contributed by atoms with E-state index in [-0.39, 0.29) is 63.6 Å². The molecule has 0 aromatic carbocycles. The number of rotatable bonds is 0. The summed E-state index contributed by atoms with van der Waals surface area (Å²) in [6, 6.07) is 0. The van der Waals surface area contributed by atoms with E-state index in [0.717, 1.165) is 0 Å². The first kappa shape index (κ1) is 37.4. The third-order valence-corrected chi connectivity index (χ3v) is 0. The molecule has 0 aromatic heterocycles. The van der Waals surface area contributed by atoms with E-state index < -0.39 is 0 Å². The molecule has 0 amide bonds. The first-order chi connectivity index (χ1) is 2.00. The SMILES string of the molecule is [CH-]=O.[CH2-]C.[Ta].[Tc].[W+2]. The van der Waals surface area contributed by atoms with Gasteiger partial charge < -0.3 is 11.7 Å². The smallest absolute Gasteiger partial charge is 0.545 e. The van der Waals surface area contributed by atoms with Crippen LogP contribution in [0.3, 0.4) is 0 Å². The number of carbonyl (C=O) groups excluding carboxylic acids is 1. The molecule has 42 valence electrons. The predicted octanol–water partition coefficient (Wildman–Crippen LogP) is 0.559. The van der Waals surface area contributed by atoms with Crippen molar-refractivity contribution < 1.29 is 68.3 Å². The maximum Gasteiger partial charge on any atom is 2.00 e. The summed E-state index contributed by atoms with van der Waals surface area (Å²) in [6.45, 7) is 8.25. The monoisotopic (exact) mass is 520 g/mol. The van der Waals surface area contributed by atoms with Crippen molar-refractivity contribution in [3.05, 3.63) is 6.92 Å². The van der Waals surface area contributed by atoms with Gasteiger partial charge in [-0.1, -0.05) is 0 Å². The van der Waals surface area contributed by atoms with Crippen molar-refractivity contribution in [1.29, 1.82) is 0 Å². The van der Waals surface area contributed by atoms with Crippen molar-refractivity contribution in [2.24, 2.45) is 0 Å². The van der Waals surface area contributed by atoms with Gasteiger partial charge in [-0.25, -0.2) is 0 Å². The molecule has 4 heteroatoms. The third-order valence-electron chi connectivity index (χ3n) is 0. The van der Waals surface area contributed by atoms with Crippen LogP contribution in [-0.4, -0.2) is 6.79 Å². The molecule has 0 aliphatic rings. The fraction of sp³-hybridized carbons (Fsp3) is 0.333. The Kier molecular flexibility index (Phi) is 617. The summed E-state index contributed by atoms with van der Waals surface area (Å²) in [6.07, 6.45) is 0. The molecule has 0 fully saturated rings. The van der Waals surface area contributed by atoms with Gasteiger partial charge in [0.2, 0.25) is 0 Å². The molecule has 0 saturated carbocycles. The van der Waals surface area contributed by atoms with Crippen molar-refractivity contribution >= 4 is 6.79 Å². The van der Waals surface area contributed by atoms with E-state index in [0.29, 0.717) is 0 Å². The van der Waals surface area contributed by atoms with E-state index >= 15 is 0 Å². The van der Waals surface area contributed by atoms with Crippen LogP contribution in [-0.2, 0) is 68.3 Å². The van der Waals surface area contributed by atoms with E-state index in [1.165, 1.54) is 0 Å². The Balaban J connectivity index is -0.00000000267. The van der Waals surface area contributed by atoms with Gasteiger partial charge in [-0.05, 0) is 0 Å². The third kappa shape index (κ3) is 83.8. The molecule has 7 heavy (non-hydrogen) atoms. The zero-order chi connectivity index (χ0) is 4.00. The molecule has 0 unspecified atom stereocenters. The Hall–Kier alpha value is 1.75. The summed E-state index contributed by atoms with van der Waals surface area (Å²) in [7, 11) is 0. The largest absolute Gasteiger partial charge is 2.00 e. The Morgan fingerprint density at radius 3 is 1.29 bits per heavy atom. The summed E-state index contributed by atoms with van der Waals surface area (Å²) in [5.74, 6) is 0. The Morgan fingerprint density at radius 1 is 1.29 bits per heavy atom. The summed E-state index contributed by atoms with van der Waals surface area (Å²) in [5.41, 5.74) is 0. The summed E-state index contributed by atoms with van der Waals surface area (Å²) in [5, 5.41) is 0. The fourth-order valence-corrected chi connectivity index (χ4v) is 0. The van der Waals surface area contributed by atoms with Gasteiger partial charge in [-0.3, -0.25) is 6.79 Å². The van der Waals surface area contributed by atoms with Crippen molar-refractivity contribution in [3.8, 4) is 0 Å². The molecule has 0 N–H and O–H groups in total. The maximum atomic E-state index is 7.75. The summed E-state index contributed by atoms with van der Waals surface area (Å²) >= 11 is 0. The van der Waals surface area contributed by atoms with Crippen LogP contribution in [0, 0.1) is 6.92 Å². The first-order valence-electron chi connectivity index (χ1n) is 0.943. The molecule has 0 aliphatic heterocycles. The molecule has 0 atom stereocenters. The zero-order valence-corrected chi connectivity index (χ0v) is 11.9. The molecular weight excluding hydrogens is 515 g/mol. The molecule has 0 rings (SSSR count). The minimum atomic E-state index is 0. The van der Waals surface area contributed by atoms with Crippen LogP contribution < -0.4 is 0 Å². The van der Waals surface area contributed by atoms with Crippen LogP contribution in [0.25, 0.3) is 0 Å². The second-order valence-electron chi connectivity index (χ2n) is 0. The summed E-state index contributed by atoms with van der Waals surface area (Å²) < 4.78 is 0. The maximum absolute atomic E-state index is 7.75. The normalized spacial score (nSPS) is 1.43. The van der Waals surface area contributed by atoms with Gasteiger partial charge in [0, 0.05) is 42.5 Å². The Bertz CT molecular complexity index is 14.9. The second kappa shape index (κ2) is 115. The standard InChI is InChI=1S/C2H5.CHO.Ta.Tc.W/c2*1-2;;;/h1H2,2H3;1H;;;/q2*-1;;;+2. The van der Waals surface area contributed by atoms with Gasteiger partial charge in [-0.15, -0.1) is 0 Å². The van der Waals surface area contributed by atoms with Crippen LogP contribution in [0.4, 0.5) is 0 Å². The zero-order valence-electron chi connectivity index (χ0n) is 3.93. The van der Waals surface area contributed by atoms with Crippen molar-refractivity contribution in [2.45, 2.75) is 6.92 Å². The molecule has 0 spiro atoms. The van der Waals surface area contributed by atoms with Crippen LogP contribution in [0.2, 0.25) is 0 Å². The van der Waals surface area contributed by atoms with E-state index in [4.69, 9.17) is 4.79 Å². The molecule has 0 heterocycles. The van der Waals surface area contributed by atoms with Crippen LogP contribution in [0.1, 0.15) is 6.92 Å². The minimum Gasteiger partial charge on any atom is -0.545 e. The van der Waals surface area contributed by atoms with Gasteiger partial charge >= 0.3 is 21.1 Å². The molecule has 0 aliphatic carbocycles. The molecule has 0 bridgehead atoms. The average Bonchev–Trinajstić information content (AvgIpc) is 1.50. The van der Waals surface area contributed by atoms with Crippen molar-refractivity contribution in [3.63, 3.8) is 0 Å². The van der Waals surface area contributed by atoms with Crippen LogP contribution >= 0.6 is 0 Å². The Morgan fingerprint density at radius 2 is 1.29 bits per heavy atom. The second-order valence-corrected chi connectivity index (χ2v) is 0. The van der Waals surface area contributed by atoms with Gasteiger partial charge in [0.1, 0.15) is 0 Å². The molecule has 0 aromatic rings. The van der Waals surface area contributed by atoms with E-state index in [9.17, 15) is 0 Å². The van der Waals surface area contributed by atoms with Gasteiger partial charge in [0.05, 0.1) is 0 Å². The van der Waals surface area contributed by atoms with Crippen molar-refractivity contribution in [1.82, 2.24) is 0 Å². The number of hydrogen-bond donors (Lipinski definition) is 0. The quantitative estimate of drug-likeness (QED) is 0.337. The number of hydrogen-bond acceptors (Lipinski definition) is 1. The van der Waals surface area contributed by atoms with Crippen LogP contribution in [0.15, 0.2) is 0 Å². The van der Waals surface area contributed by atoms with Crippen LogP contribution in [0.5, 0.6) is 0 Å². The van der Waals surface area contributed by atoms with Crippen molar-refractivity contribution in [2.75, 3.05) is 0 Å². The summed E-state index contributed by atoms with van der Waals surface area (Å²) in [4.78, 5) is 7.75. The average molecular weight is 521 g/mol. The van der Waals surface area contributed by atoms with E-state index in [1.54, 1.807) is 6.92 Å². The fourth-order valence-electron chi connectivity index (χ4n) is 0. The van der Waals surface area contributed by atoms with E-state index in [1.807, 2.05) is 0 Å². The molecule has 0 saturated heterocycles. The topological polar surface area (TPSA) is 17.1 Å². The predicted molar refractivity (Wildman–Crippen MR) is 17.8 cm³/mol. The molecule has 1 nitrogen and oxygen atoms in total. The first-order valence-corrected chi connectivity index (χ1v) is 0.943.